The van der Waals surface area contributed by atoms with Gasteiger partial charge in [-0.1, -0.05) is 23.7 Å². The Bertz CT molecular complexity index is 1200. The van der Waals surface area contributed by atoms with Crippen molar-refractivity contribution in [1.29, 1.82) is 0 Å². The number of aromatic nitrogens is 4. The van der Waals surface area contributed by atoms with Gasteiger partial charge in [0.05, 0.1) is 0 Å². The SMILES string of the molecule is Cc1cc(N2CCN(c3ccc(F)cc3)CC2)n2nc(Cc3ccc(Cl)cc3)nc2n1. The highest BCUT2D eigenvalue weighted by atomic mass is 35.5. The first kappa shape index (κ1) is 19.8. The van der Waals surface area contributed by atoms with E-state index in [1.165, 1.54) is 12.1 Å². The van der Waals surface area contributed by atoms with Crippen LogP contribution in [-0.2, 0) is 6.42 Å². The standard InChI is InChI=1S/C23H22ClFN6/c1-16-14-22(30-12-10-29(11-13-30)20-8-6-19(25)7-9-20)31-23(26-16)27-21(28-31)15-17-2-4-18(24)5-3-17/h2-9,14H,10-13,15H2,1H3. The molecule has 1 aliphatic rings. The zero-order valence-electron chi connectivity index (χ0n) is 17.2. The fourth-order valence-corrected chi connectivity index (χ4v) is 4.07. The van der Waals surface area contributed by atoms with Crippen molar-refractivity contribution < 1.29 is 4.39 Å². The molecule has 6 nitrogen and oxygen atoms in total. The average molecular weight is 437 g/mol. The van der Waals surface area contributed by atoms with Crippen LogP contribution in [-0.4, -0.2) is 45.8 Å². The molecule has 0 radical (unpaired) electrons. The Balaban J connectivity index is 1.37. The summed E-state index contributed by atoms with van der Waals surface area (Å²) < 4.78 is 15.1. The van der Waals surface area contributed by atoms with Crippen LogP contribution in [0.1, 0.15) is 17.1 Å². The molecule has 0 spiro atoms. The van der Waals surface area contributed by atoms with Gasteiger partial charge in [-0.3, -0.25) is 0 Å². The van der Waals surface area contributed by atoms with Gasteiger partial charge in [0.1, 0.15) is 11.6 Å². The van der Waals surface area contributed by atoms with E-state index in [-0.39, 0.29) is 5.82 Å². The van der Waals surface area contributed by atoms with Gasteiger partial charge in [0.2, 0.25) is 0 Å². The number of hydrogen-bond acceptors (Lipinski definition) is 5. The number of aryl methyl sites for hydroxylation is 1. The smallest absolute Gasteiger partial charge is 0.254 e. The van der Waals surface area contributed by atoms with Crippen molar-refractivity contribution in [1.82, 2.24) is 19.6 Å². The molecule has 4 aromatic rings. The Hall–Kier alpha value is -3.19. The van der Waals surface area contributed by atoms with Crippen molar-refractivity contribution in [2.75, 3.05) is 36.0 Å². The highest BCUT2D eigenvalue weighted by Crippen LogP contribution is 2.22. The number of anilines is 2. The fraction of sp³-hybridized carbons (Fsp3) is 0.261. The summed E-state index contributed by atoms with van der Waals surface area (Å²) in [4.78, 5) is 13.8. The summed E-state index contributed by atoms with van der Waals surface area (Å²) in [5, 5.41) is 5.46. The second-order valence-electron chi connectivity index (χ2n) is 7.75. The summed E-state index contributed by atoms with van der Waals surface area (Å²) in [6.45, 7) is 5.35. The molecule has 1 fully saturated rings. The van der Waals surface area contributed by atoms with Gasteiger partial charge in [0, 0.05) is 55.1 Å². The maximum Gasteiger partial charge on any atom is 0.254 e. The molecule has 8 heteroatoms. The number of fused-ring (bicyclic) bond motifs is 1. The summed E-state index contributed by atoms with van der Waals surface area (Å²) in [7, 11) is 0. The van der Waals surface area contributed by atoms with E-state index in [2.05, 4.69) is 25.8 Å². The molecule has 0 unspecified atom stereocenters. The Morgan fingerprint density at radius 2 is 1.58 bits per heavy atom. The predicted octanol–water partition coefficient (Wildman–Crippen LogP) is 4.14. The van der Waals surface area contributed by atoms with E-state index in [1.54, 1.807) is 0 Å². The molecule has 158 valence electrons. The number of rotatable bonds is 4. The van der Waals surface area contributed by atoms with Crippen LogP contribution in [0.3, 0.4) is 0 Å². The minimum absolute atomic E-state index is 0.211. The minimum Gasteiger partial charge on any atom is -0.368 e. The van der Waals surface area contributed by atoms with Crippen molar-refractivity contribution in [2.24, 2.45) is 0 Å². The summed E-state index contributed by atoms with van der Waals surface area (Å²) in [5.74, 6) is 2.13. The molecule has 1 saturated heterocycles. The molecule has 0 bridgehead atoms. The average Bonchev–Trinajstić information content (AvgIpc) is 3.17. The third-order valence-corrected chi connectivity index (χ3v) is 5.79. The Labute approximate surface area is 184 Å². The van der Waals surface area contributed by atoms with Gasteiger partial charge in [-0.25, -0.2) is 9.37 Å². The molecular formula is C23H22ClFN6. The van der Waals surface area contributed by atoms with Gasteiger partial charge in [0.15, 0.2) is 5.82 Å². The molecular weight excluding hydrogens is 415 g/mol. The van der Waals surface area contributed by atoms with Gasteiger partial charge >= 0.3 is 0 Å². The first-order chi connectivity index (χ1) is 15.0. The highest BCUT2D eigenvalue weighted by Gasteiger charge is 2.21. The minimum atomic E-state index is -0.211. The maximum atomic E-state index is 13.2. The largest absolute Gasteiger partial charge is 0.368 e. The van der Waals surface area contributed by atoms with Crippen molar-refractivity contribution >= 4 is 28.9 Å². The van der Waals surface area contributed by atoms with Gasteiger partial charge in [-0.2, -0.15) is 9.50 Å². The first-order valence-corrected chi connectivity index (χ1v) is 10.7. The van der Waals surface area contributed by atoms with E-state index in [1.807, 2.05) is 47.8 Å². The number of benzene rings is 2. The lowest BCUT2D eigenvalue weighted by Crippen LogP contribution is -2.47. The Morgan fingerprint density at radius 1 is 0.903 bits per heavy atom. The third-order valence-electron chi connectivity index (χ3n) is 5.54. The van der Waals surface area contributed by atoms with E-state index in [4.69, 9.17) is 16.7 Å². The van der Waals surface area contributed by atoms with Crippen molar-refractivity contribution in [3.63, 3.8) is 0 Å². The topological polar surface area (TPSA) is 49.6 Å². The number of piperazine rings is 1. The van der Waals surface area contributed by atoms with Crippen LogP contribution in [0, 0.1) is 12.7 Å². The summed E-state index contributed by atoms with van der Waals surface area (Å²) in [5.41, 5.74) is 3.06. The third kappa shape index (κ3) is 4.18. The Kier molecular flexibility index (Phi) is 5.19. The number of halogens is 2. The lowest BCUT2D eigenvalue weighted by atomic mass is 10.1. The second-order valence-corrected chi connectivity index (χ2v) is 8.19. The van der Waals surface area contributed by atoms with Gasteiger partial charge in [0.25, 0.3) is 5.78 Å². The van der Waals surface area contributed by atoms with E-state index >= 15 is 0 Å². The summed E-state index contributed by atoms with van der Waals surface area (Å²) in [6.07, 6.45) is 0.622. The quantitative estimate of drug-likeness (QED) is 0.481. The summed E-state index contributed by atoms with van der Waals surface area (Å²) >= 11 is 5.99. The maximum absolute atomic E-state index is 13.2. The molecule has 2 aromatic heterocycles. The molecule has 31 heavy (non-hydrogen) atoms. The molecule has 1 aliphatic heterocycles. The Morgan fingerprint density at radius 3 is 2.29 bits per heavy atom. The molecule has 3 heterocycles. The van der Waals surface area contributed by atoms with E-state index in [0.717, 1.165) is 54.8 Å². The molecule has 2 aromatic carbocycles. The molecule has 0 aliphatic carbocycles. The van der Waals surface area contributed by atoms with Crippen molar-refractivity contribution in [2.45, 2.75) is 13.3 Å². The van der Waals surface area contributed by atoms with E-state index in [0.29, 0.717) is 17.2 Å². The van der Waals surface area contributed by atoms with Crippen LogP contribution in [0.15, 0.2) is 54.6 Å². The van der Waals surface area contributed by atoms with E-state index in [9.17, 15) is 4.39 Å². The first-order valence-electron chi connectivity index (χ1n) is 10.3. The highest BCUT2D eigenvalue weighted by molar-refractivity contribution is 6.30. The van der Waals surface area contributed by atoms with Crippen LogP contribution < -0.4 is 9.80 Å². The lowest BCUT2D eigenvalue weighted by molar-refractivity contribution is 0.622. The van der Waals surface area contributed by atoms with Crippen LogP contribution in [0.2, 0.25) is 5.02 Å². The monoisotopic (exact) mass is 436 g/mol. The van der Waals surface area contributed by atoms with Crippen LogP contribution in [0.25, 0.3) is 5.78 Å². The predicted molar refractivity (Wildman–Crippen MR) is 121 cm³/mol. The van der Waals surface area contributed by atoms with Crippen LogP contribution in [0.5, 0.6) is 0 Å². The van der Waals surface area contributed by atoms with Crippen LogP contribution in [0.4, 0.5) is 15.9 Å². The molecule has 0 atom stereocenters. The summed E-state index contributed by atoms with van der Waals surface area (Å²) in [6, 6.07) is 16.5. The number of hydrogen-bond donors (Lipinski definition) is 0. The van der Waals surface area contributed by atoms with Gasteiger partial charge in [-0.05, 0) is 48.9 Å². The lowest BCUT2D eigenvalue weighted by Gasteiger charge is -2.37. The van der Waals surface area contributed by atoms with Crippen molar-refractivity contribution in [3.05, 3.63) is 82.5 Å². The van der Waals surface area contributed by atoms with Gasteiger partial charge in [-0.15, -0.1) is 5.10 Å². The van der Waals surface area contributed by atoms with Crippen LogP contribution >= 0.6 is 11.6 Å². The van der Waals surface area contributed by atoms with E-state index < -0.39 is 0 Å². The van der Waals surface area contributed by atoms with Gasteiger partial charge < -0.3 is 9.80 Å². The normalized spacial score (nSPS) is 14.4. The van der Waals surface area contributed by atoms with Crippen molar-refractivity contribution in [3.8, 4) is 0 Å². The molecule has 0 amide bonds. The fourth-order valence-electron chi connectivity index (χ4n) is 3.94. The second kappa shape index (κ2) is 8.15. The zero-order valence-corrected chi connectivity index (χ0v) is 17.9. The molecule has 5 rings (SSSR count). The number of nitrogens with zero attached hydrogens (tertiary/aromatic N) is 6. The molecule has 0 saturated carbocycles. The molecule has 0 N–H and O–H groups in total. The zero-order chi connectivity index (χ0) is 21.4.